The molecule has 0 spiro atoms. The second-order valence-corrected chi connectivity index (χ2v) is 8.00. The molecule has 1 amide bonds. The van der Waals surface area contributed by atoms with Gasteiger partial charge in [0.1, 0.15) is 5.75 Å². The Morgan fingerprint density at radius 3 is 2.33 bits per heavy atom. The summed E-state index contributed by atoms with van der Waals surface area (Å²) in [4.78, 5) is 16.6. The van der Waals surface area contributed by atoms with Gasteiger partial charge in [-0.15, -0.1) is 0 Å². The number of anilines is 1. The second kappa shape index (κ2) is 9.34. The standard InChI is InChI=1S/C22H21N3O4S/c1-29-19-8-10-20(11-9-19)30(27,28)25(22(26)16-23)21-5-3-2-4-18(21)7-6-17-12-14-24-15-13-17/h2-15H,16,23H2,1H3. The van der Waals surface area contributed by atoms with Gasteiger partial charge in [0.2, 0.25) is 0 Å². The summed E-state index contributed by atoms with van der Waals surface area (Å²) < 4.78 is 32.5. The number of rotatable bonds is 7. The third-order valence-electron chi connectivity index (χ3n) is 4.32. The number of carbonyl (C=O) groups is 1. The second-order valence-electron chi connectivity index (χ2n) is 6.22. The topological polar surface area (TPSA) is 103 Å². The molecule has 0 saturated carbocycles. The van der Waals surface area contributed by atoms with E-state index >= 15 is 0 Å². The summed E-state index contributed by atoms with van der Waals surface area (Å²) in [6.07, 6.45) is 6.87. The van der Waals surface area contributed by atoms with Crippen molar-refractivity contribution < 1.29 is 17.9 Å². The number of para-hydroxylation sites is 1. The van der Waals surface area contributed by atoms with Gasteiger partial charge >= 0.3 is 0 Å². The van der Waals surface area contributed by atoms with Crippen LogP contribution in [0.5, 0.6) is 5.75 Å². The number of pyridine rings is 1. The molecule has 8 heteroatoms. The highest BCUT2D eigenvalue weighted by molar-refractivity contribution is 7.93. The third kappa shape index (κ3) is 4.56. The fraction of sp³-hybridized carbons (Fsp3) is 0.0909. The van der Waals surface area contributed by atoms with E-state index in [1.165, 1.54) is 31.4 Å². The summed E-state index contributed by atoms with van der Waals surface area (Å²) in [5, 5.41) is 0. The summed E-state index contributed by atoms with van der Waals surface area (Å²) in [6, 6.07) is 16.2. The average molecular weight is 423 g/mol. The number of aromatic nitrogens is 1. The third-order valence-corrected chi connectivity index (χ3v) is 6.06. The first-order chi connectivity index (χ1) is 14.5. The predicted molar refractivity (Wildman–Crippen MR) is 116 cm³/mol. The Hall–Kier alpha value is -3.49. The highest BCUT2D eigenvalue weighted by Gasteiger charge is 2.31. The fourth-order valence-electron chi connectivity index (χ4n) is 2.81. The molecule has 0 atom stereocenters. The molecule has 154 valence electrons. The average Bonchev–Trinajstić information content (AvgIpc) is 2.79. The highest BCUT2D eigenvalue weighted by Crippen LogP contribution is 2.29. The Morgan fingerprint density at radius 2 is 1.70 bits per heavy atom. The predicted octanol–water partition coefficient (Wildman–Crippen LogP) is 2.94. The lowest BCUT2D eigenvalue weighted by Crippen LogP contribution is -2.41. The highest BCUT2D eigenvalue weighted by atomic mass is 32.2. The van der Waals surface area contributed by atoms with Crippen molar-refractivity contribution in [1.29, 1.82) is 0 Å². The van der Waals surface area contributed by atoms with Crippen molar-refractivity contribution in [2.24, 2.45) is 5.73 Å². The number of ether oxygens (including phenoxy) is 1. The van der Waals surface area contributed by atoms with Gasteiger partial charge < -0.3 is 10.5 Å². The van der Waals surface area contributed by atoms with Crippen LogP contribution in [0.3, 0.4) is 0 Å². The van der Waals surface area contributed by atoms with Crippen molar-refractivity contribution in [3.63, 3.8) is 0 Å². The van der Waals surface area contributed by atoms with Crippen molar-refractivity contribution in [2.45, 2.75) is 4.90 Å². The molecule has 2 N–H and O–H groups in total. The van der Waals surface area contributed by atoms with Crippen LogP contribution in [-0.2, 0) is 14.8 Å². The first kappa shape index (κ1) is 21.2. The van der Waals surface area contributed by atoms with Crippen LogP contribution < -0.4 is 14.8 Å². The van der Waals surface area contributed by atoms with E-state index in [0.29, 0.717) is 11.3 Å². The molecule has 0 unspecified atom stereocenters. The van der Waals surface area contributed by atoms with E-state index in [-0.39, 0.29) is 10.6 Å². The molecule has 0 fully saturated rings. The minimum atomic E-state index is -4.19. The number of benzene rings is 2. The lowest BCUT2D eigenvalue weighted by Gasteiger charge is -2.24. The Balaban J connectivity index is 2.08. The van der Waals surface area contributed by atoms with Gasteiger partial charge in [-0.3, -0.25) is 9.78 Å². The normalized spacial score (nSPS) is 11.4. The summed E-state index contributed by atoms with van der Waals surface area (Å²) in [5.74, 6) is -0.234. The number of sulfonamides is 1. The zero-order chi connectivity index (χ0) is 21.6. The molecule has 30 heavy (non-hydrogen) atoms. The van der Waals surface area contributed by atoms with Crippen LogP contribution >= 0.6 is 0 Å². The van der Waals surface area contributed by atoms with Gasteiger partial charge in [0.05, 0.1) is 24.2 Å². The molecular formula is C22H21N3O4S. The Kier molecular flexibility index (Phi) is 6.61. The van der Waals surface area contributed by atoms with E-state index in [0.717, 1.165) is 9.87 Å². The number of hydrogen-bond donors (Lipinski definition) is 1. The Labute approximate surface area is 175 Å². The van der Waals surface area contributed by atoms with Crippen LogP contribution in [0.1, 0.15) is 11.1 Å². The summed E-state index contributed by atoms with van der Waals surface area (Å²) in [5.41, 5.74) is 7.19. The maximum Gasteiger partial charge on any atom is 0.270 e. The van der Waals surface area contributed by atoms with Gasteiger partial charge in [-0.25, -0.2) is 12.7 Å². The van der Waals surface area contributed by atoms with E-state index in [1.807, 2.05) is 18.2 Å². The number of amides is 1. The molecule has 3 aromatic rings. The van der Waals surface area contributed by atoms with Gasteiger partial charge in [-0.1, -0.05) is 30.4 Å². The molecule has 3 rings (SSSR count). The van der Waals surface area contributed by atoms with Crippen molar-refractivity contribution in [2.75, 3.05) is 18.0 Å². The zero-order valence-corrected chi connectivity index (χ0v) is 17.1. The van der Waals surface area contributed by atoms with Crippen LogP contribution in [0.4, 0.5) is 5.69 Å². The van der Waals surface area contributed by atoms with Gasteiger partial charge in [-0.05, 0) is 53.6 Å². The van der Waals surface area contributed by atoms with Crippen molar-refractivity contribution in [1.82, 2.24) is 4.98 Å². The van der Waals surface area contributed by atoms with Gasteiger partial charge in [0.15, 0.2) is 0 Å². The molecule has 1 heterocycles. The minimum absolute atomic E-state index is 0.0435. The fourth-order valence-corrected chi connectivity index (χ4v) is 4.27. The van der Waals surface area contributed by atoms with E-state index in [4.69, 9.17) is 10.5 Å². The number of nitrogens with two attached hydrogens (primary N) is 1. The molecule has 2 aromatic carbocycles. The van der Waals surface area contributed by atoms with Crippen molar-refractivity contribution in [3.05, 3.63) is 84.2 Å². The summed E-state index contributed by atoms with van der Waals surface area (Å²) in [6.45, 7) is -0.461. The van der Waals surface area contributed by atoms with Crippen LogP contribution in [0.15, 0.2) is 78.0 Å². The molecule has 7 nitrogen and oxygen atoms in total. The first-order valence-corrected chi connectivity index (χ1v) is 10.5. The SMILES string of the molecule is COc1ccc(S(=O)(=O)N(C(=O)CN)c2ccccc2C=Cc2ccncc2)cc1. The van der Waals surface area contributed by atoms with Crippen LogP contribution in [0.25, 0.3) is 12.2 Å². The van der Waals surface area contributed by atoms with E-state index < -0.39 is 22.5 Å². The molecule has 0 aliphatic heterocycles. The van der Waals surface area contributed by atoms with Crippen LogP contribution in [-0.4, -0.2) is 33.0 Å². The largest absolute Gasteiger partial charge is 0.497 e. The van der Waals surface area contributed by atoms with E-state index in [1.54, 1.807) is 42.7 Å². The Morgan fingerprint density at radius 1 is 1.03 bits per heavy atom. The molecular weight excluding hydrogens is 402 g/mol. The molecule has 0 aliphatic carbocycles. The lowest BCUT2D eigenvalue weighted by molar-refractivity contribution is -0.116. The lowest BCUT2D eigenvalue weighted by atomic mass is 10.1. The van der Waals surface area contributed by atoms with E-state index in [9.17, 15) is 13.2 Å². The molecule has 1 aromatic heterocycles. The van der Waals surface area contributed by atoms with Gasteiger partial charge in [0, 0.05) is 12.4 Å². The maximum absolute atomic E-state index is 13.3. The molecule has 0 saturated heterocycles. The van der Waals surface area contributed by atoms with Gasteiger partial charge in [-0.2, -0.15) is 0 Å². The van der Waals surface area contributed by atoms with E-state index in [2.05, 4.69) is 4.98 Å². The zero-order valence-electron chi connectivity index (χ0n) is 16.3. The Bertz CT molecular complexity index is 1140. The maximum atomic E-state index is 13.3. The minimum Gasteiger partial charge on any atom is -0.497 e. The number of nitrogens with zero attached hydrogens (tertiary/aromatic N) is 2. The smallest absolute Gasteiger partial charge is 0.270 e. The molecule has 0 bridgehead atoms. The summed E-state index contributed by atoms with van der Waals surface area (Å²) in [7, 11) is -2.71. The van der Waals surface area contributed by atoms with Crippen LogP contribution in [0.2, 0.25) is 0 Å². The van der Waals surface area contributed by atoms with Crippen molar-refractivity contribution >= 4 is 33.8 Å². The molecule has 0 aliphatic rings. The molecule has 0 radical (unpaired) electrons. The van der Waals surface area contributed by atoms with Crippen molar-refractivity contribution in [3.8, 4) is 5.75 Å². The van der Waals surface area contributed by atoms with Crippen LogP contribution in [0, 0.1) is 0 Å². The monoisotopic (exact) mass is 423 g/mol. The first-order valence-electron chi connectivity index (χ1n) is 9.07. The summed E-state index contributed by atoms with van der Waals surface area (Å²) >= 11 is 0. The quantitative estimate of drug-likeness (QED) is 0.627. The number of carbonyl (C=O) groups excluding carboxylic acids is 1. The van der Waals surface area contributed by atoms with Gasteiger partial charge in [0.25, 0.3) is 15.9 Å². The number of methoxy groups -OCH3 is 1. The number of hydrogen-bond acceptors (Lipinski definition) is 6.